The zero-order chi connectivity index (χ0) is 16.0. The lowest BCUT2D eigenvalue weighted by Gasteiger charge is -2.09. The minimum atomic E-state index is -0.602. The number of hydrogen-bond acceptors (Lipinski definition) is 4. The van der Waals surface area contributed by atoms with Crippen LogP contribution in [0.4, 0.5) is 8.78 Å². The molecule has 0 atom stereocenters. The smallest absolute Gasteiger partial charge is 0.225 e. The molecule has 3 aromatic rings. The minimum absolute atomic E-state index is 0.0186. The van der Waals surface area contributed by atoms with Gasteiger partial charge in [-0.3, -0.25) is 0 Å². The number of nitrogens with zero attached hydrogens (tertiary/aromatic N) is 4. The number of rotatable bonds is 1. The standard InChI is InChI=1S/C15H11ClF2N4/c1-6-4-11(18)9(5-10(6)17)12-13-14(22-15(16)21-12)20-8(3)7(2)19-13/h4-5H,1-3H3. The van der Waals surface area contributed by atoms with Gasteiger partial charge in [0.25, 0.3) is 0 Å². The second kappa shape index (κ2) is 5.21. The van der Waals surface area contributed by atoms with Crippen LogP contribution in [0.25, 0.3) is 22.4 Å². The Balaban J connectivity index is 2.40. The van der Waals surface area contributed by atoms with Gasteiger partial charge in [0.1, 0.15) is 22.8 Å². The third-order valence-electron chi connectivity index (χ3n) is 3.42. The highest BCUT2D eigenvalue weighted by molar-refractivity contribution is 6.28. The van der Waals surface area contributed by atoms with Gasteiger partial charge in [-0.2, -0.15) is 4.98 Å². The number of halogens is 3. The van der Waals surface area contributed by atoms with E-state index in [0.29, 0.717) is 11.4 Å². The quantitative estimate of drug-likeness (QED) is 0.637. The second-order valence-corrected chi connectivity index (χ2v) is 5.33. The Morgan fingerprint density at radius 1 is 0.864 bits per heavy atom. The van der Waals surface area contributed by atoms with Gasteiger partial charge in [-0.1, -0.05) is 0 Å². The fourth-order valence-corrected chi connectivity index (χ4v) is 2.27. The van der Waals surface area contributed by atoms with Crippen molar-refractivity contribution in [1.82, 2.24) is 19.9 Å². The van der Waals surface area contributed by atoms with E-state index in [2.05, 4.69) is 19.9 Å². The highest BCUT2D eigenvalue weighted by Crippen LogP contribution is 2.29. The summed E-state index contributed by atoms with van der Waals surface area (Å²) in [6, 6.07) is 2.20. The lowest BCUT2D eigenvalue weighted by atomic mass is 10.1. The average molecular weight is 321 g/mol. The molecule has 0 amide bonds. The third kappa shape index (κ3) is 2.39. The predicted octanol–water partition coefficient (Wildman–Crippen LogP) is 3.94. The summed E-state index contributed by atoms with van der Waals surface area (Å²) in [7, 11) is 0. The lowest BCUT2D eigenvalue weighted by Crippen LogP contribution is -2.01. The molecule has 0 aliphatic carbocycles. The first-order chi connectivity index (χ1) is 10.4. The first-order valence-corrected chi connectivity index (χ1v) is 6.89. The normalized spacial score (nSPS) is 11.2. The largest absolute Gasteiger partial charge is 0.246 e. The molecule has 0 aliphatic rings. The van der Waals surface area contributed by atoms with E-state index in [4.69, 9.17) is 11.6 Å². The third-order valence-corrected chi connectivity index (χ3v) is 3.59. The van der Waals surface area contributed by atoms with Crippen molar-refractivity contribution >= 4 is 22.8 Å². The van der Waals surface area contributed by atoms with Crippen LogP contribution < -0.4 is 0 Å². The van der Waals surface area contributed by atoms with Crippen molar-refractivity contribution < 1.29 is 8.78 Å². The summed E-state index contributed by atoms with van der Waals surface area (Å²) in [5.74, 6) is -1.13. The molecule has 2 heterocycles. The summed E-state index contributed by atoms with van der Waals surface area (Å²) < 4.78 is 28.0. The lowest BCUT2D eigenvalue weighted by molar-refractivity contribution is 0.595. The molecule has 0 unspecified atom stereocenters. The Morgan fingerprint density at radius 2 is 1.55 bits per heavy atom. The molecule has 0 saturated heterocycles. The molecule has 0 radical (unpaired) electrons. The van der Waals surface area contributed by atoms with Crippen LogP contribution in [0, 0.1) is 32.4 Å². The molecule has 2 aromatic heterocycles. The van der Waals surface area contributed by atoms with Gasteiger partial charge in [0, 0.05) is 5.56 Å². The SMILES string of the molecule is Cc1cc(F)c(-c2nc(Cl)nc3nc(C)c(C)nc23)cc1F. The minimum Gasteiger partial charge on any atom is -0.246 e. The van der Waals surface area contributed by atoms with Crippen LogP contribution in [0.3, 0.4) is 0 Å². The highest BCUT2D eigenvalue weighted by Gasteiger charge is 2.18. The second-order valence-electron chi connectivity index (χ2n) is 4.99. The Hall–Kier alpha value is -2.21. The van der Waals surface area contributed by atoms with E-state index in [1.807, 2.05) is 0 Å². The van der Waals surface area contributed by atoms with Crippen molar-refractivity contribution in [3.63, 3.8) is 0 Å². The molecule has 4 nitrogen and oxygen atoms in total. The van der Waals surface area contributed by atoms with Gasteiger partial charge >= 0.3 is 0 Å². The molecule has 0 aliphatic heterocycles. The molecule has 7 heteroatoms. The van der Waals surface area contributed by atoms with Crippen LogP contribution in [0.5, 0.6) is 0 Å². The van der Waals surface area contributed by atoms with Crippen molar-refractivity contribution in [3.05, 3.63) is 46.0 Å². The fourth-order valence-electron chi connectivity index (χ4n) is 2.10. The highest BCUT2D eigenvalue weighted by atomic mass is 35.5. The van der Waals surface area contributed by atoms with Crippen LogP contribution in [-0.4, -0.2) is 19.9 Å². The summed E-state index contributed by atoms with van der Waals surface area (Å²) >= 11 is 5.88. The first kappa shape index (κ1) is 14.7. The Morgan fingerprint density at radius 3 is 2.27 bits per heavy atom. The zero-order valence-electron chi connectivity index (χ0n) is 12.1. The first-order valence-electron chi connectivity index (χ1n) is 6.51. The molecule has 112 valence electrons. The number of hydrogen-bond donors (Lipinski definition) is 0. The number of aromatic nitrogens is 4. The molecule has 3 rings (SSSR count). The molecule has 0 saturated carbocycles. The molecular formula is C15H11ClF2N4. The fraction of sp³-hybridized carbons (Fsp3) is 0.200. The topological polar surface area (TPSA) is 51.6 Å². The Bertz CT molecular complexity index is 912. The summed E-state index contributed by atoms with van der Waals surface area (Å²) in [5.41, 5.74) is 2.20. The van der Waals surface area contributed by atoms with Gasteiger partial charge in [0.2, 0.25) is 5.28 Å². The molecular weight excluding hydrogens is 310 g/mol. The Labute approximate surface area is 130 Å². The van der Waals surface area contributed by atoms with Crippen LogP contribution >= 0.6 is 11.6 Å². The monoisotopic (exact) mass is 320 g/mol. The van der Waals surface area contributed by atoms with Crippen molar-refractivity contribution in [2.75, 3.05) is 0 Å². The van der Waals surface area contributed by atoms with Gasteiger partial charge < -0.3 is 0 Å². The maximum absolute atomic E-state index is 14.2. The van der Waals surface area contributed by atoms with E-state index >= 15 is 0 Å². The molecule has 0 spiro atoms. The average Bonchev–Trinajstić information content (AvgIpc) is 2.44. The van der Waals surface area contributed by atoms with Gasteiger partial charge in [-0.15, -0.1) is 0 Å². The van der Waals surface area contributed by atoms with Crippen LogP contribution in [-0.2, 0) is 0 Å². The van der Waals surface area contributed by atoms with Gasteiger partial charge in [0.15, 0.2) is 5.65 Å². The number of benzene rings is 1. The molecule has 0 bridgehead atoms. The van der Waals surface area contributed by atoms with Crippen molar-refractivity contribution in [2.45, 2.75) is 20.8 Å². The van der Waals surface area contributed by atoms with E-state index in [1.165, 1.54) is 6.92 Å². The summed E-state index contributed by atoms with van der Waals surface area (Å²) in [6.07, 6.45) is 0. The van der Waals surface area contributed by atoms with Crippen molar-refractivity contribution in [2.24, 2.45) is 0 Å². The summed E-state index contributed by atoms with van der Waals surface area (Å²) in [5, 5.41) is -0.0968. The van der Waals surface area contributed by atoms with E-state index in [-0.39, 0.29) is 33.3 Å². The maximum Gasteiger partial charge on any atom is 0.225 e. The number of aryl methyl sites for hydroxylation is 3. The van der Waals surface area contributed by atoms with Gasteiger partial charge in [-0.25, -0.2) is 23.7 Å². The zero-order valence-corrected chi connectivity index (χ0v) is 12.8. The van der Waals surface area contributed by atoms with Gasteiger partial charge in [0.05, 0.1) is 11.4 Å². The van der Waals surface area contributed by atoms with Crippen LogP contribution in [0.2, 0.25) is 5.28 Å². The molecule has 0 fully saturated rings. The van der Waals surface area contributed by atoms with Crippen molar-refractivity contribution in [1.29, 1.82) is 0 Å². The maximum atomic E-state index is 14.2. The van der Waals surface area contributed by atoms with Gasteiger partial charge in [-0.05, 0) is 50.1 Å². The van der Waals surface area contributed by atoms with E-state index in [0.717, 1.165) is 12.1 Å². The van der Waals surface area contributed by atoms with E-state index in [9.17, 15) is 8.78 Å². The van der Waals surface area contributed by atoms with Crippen LogP contribution in [0.1, 0.15) is 17.0 Å². The predicted molar refractivity (Wildman–Crippen MR) is 79.7 cm³/mol. The van der Waals surface area contributed by atoms with E-state index < -0.39 is 11.6 Å². The molecule has 22 heavy (non-hydrogen) atoms. The molecule has 0 N–H and O–H groups in total. The molecule has 1 aromatic carbocycles. The summed E-state index contributed by atoms with van der Waals surface area (Å²) in [6.45, 7) is 5.04. The van der Waals surface area contributed by atoms with E-state index in [1.54, 1.807) is 13.8 Å². The number of fused-ring (bicyclic) bond motifs is 1. The van der Waals surface area contributed by atoms with Crippen LogP contribution in [0.15, 0.2) is 12.1 Å². The summed E-state index contributed by atoms with van der Waals surface area (Å²) in [4.78, 5) is 16.6. The Kier molecular flexibility index (Phi) is 3.48. The van der Waals surface area contributed by atoms with Crippen molar-refractivity contribution in [3.8, 4) is 11.3 Å².